The van der Waals surface area contributed by atoms with Gasteiger partial charge in [-0.2, -0.15) is 11.8 Å². The van der Waals surface area contributed by atoms with E-state index in [2.05, 4.69) is 20.9 Å². The molecule has 0 aliphatic carbocycles. The monoisotopic (exact) mass is 562 g/mol. The van der Waals surface area contributed by atoms with Gasteiger partial charge in [0.15, 0.2) is 0 Å². The molecule has 1 aromatic carbocycles. The zero-order valence-electron chi connectivity index (χ0n) is 22.9. The highest BCUT2D eigenvalue weighted by atomic mass is 32.2. The lowest BCUT2D eigenvalue weighted by Gasteiger charge is -2.26. The number of hydrogen-bond donors (Lipinski definition) is 7. The van der Waals surface area contributed by atoms with Crippen molar-refractivity contribution >= 4 is 46.4 Å². The number of aromatic nitrogens is 1. The van der Waals surface area contributed by atoms with Crippen molar-refractivity contribution < 1.29 is 24.3 Å². The lowest BCUT2D eigenvalue weighted by atomic mass is 10.0. The van der Waals surface area contributed by atoms with E-state index in [9.17, 15) is 24.3 Å². The molecule has 216 valence electrons. The number of fused-ring (bicyclic) bond motifs is 1. The molecule has 0 aliphatic rings. The van der Waals surface area contributed by atoms with Gasteiger partial charge in [0.1, 0.15) is 18.1 Å². The molecule has 39 heavy (non-hydrogen) atoms. The first-order valence-electron chi connectivity index (χ1n) is 13.2. The lowest BCUT2D eigenvalue weighted by molar-refractivity contribution is -0.142. The molecule has 0 spiro atoms. The van der Waals surface area contributed by atoms with Crippen LogP contribution in [0.15, 0.2) is 30.5 Å². The number of aliphatic carboxylic acids is 1. The van der Waals surface area contributed by atoms with E-state index in [1.54, 1.807) is 6.20 Å². The summed E-state index contributed by atoms with van der Waals surface area (Å²) in [5.74, 6) is -2.36. The van der Waals surface area contributed by atoms with Gasteiger partial charge >= 0.3 is 5.97 Å². The van der Waals surface area contributed by atoms with Crippen LogP contribution in [0.4, 0.5) is 0 Å². The Balaban J connectivity index is 2.31. The van der Waals surface area contributed by atoms with E-state index >= 15 is 0 Å². The summed E-state index contributed by atoms with van der Waals surface area (Å²) in [6.07, 6.45) is 5.53. The summed E-state index contributed by atoms with van der Waals surface area (Å²) >= 11 is 1.47. The number of hydrogen-bond acceptors (Lipinski definition) is 7. The first-order chi connectivity index (χ1) is 18.6. The van der Waals surface area contributed by atoms with Crippen LogP contribution < -0.4 is 27.4 Å². The first-order valence-corrected chi connectivity index (χ1v) is 14.6. The summed E-state index contributed by atoms with van der Waals surface area (Å²) in [6.45, 7) is 4.06. The van der Waals surface area contributed by atoms with Crippen LogP contribution in [0.3, 0.4) is 0 Å². The van der Waals surface area contributed by atoms with Gasteiger partial charge in [-0.3, -0.25) is 14.4 Å². The topological polar surface area (TPSA) is 192 Å². The molecule has 4 unspecified atom stereocenters. The number of carboxylic acids is 1. The van der Waals surface area contributed by atoms with E-state index in [0.717, 1.165) is 16.5 Å². The van der Waals surface area contributed by atoms with E-state index in [1.807, 2.05) is 44.4 Å². The Hall–Kier alpha value is -3.09. The fourth-order valence-corrected chi connectivity index (χ4v) is 4.57. The summed E-state index contributed by atoms with van der Waals surface area (Å²) in [7, 11) is 0. The van der Waals surface area contributed by atoms with Gasteiger partial charge in [0.25, 0.3) is 0 Å². The van der Waals surface area contributed by atoms with Crippen molar-refractivity contribution in [2.45, 2.75) is 70.1 Å². The summed E-state index contributed by atoms with van der Waals surface area (Å²) in [4.78, 5) is 54.5. The minimum absolute atomic E-state index is 0.116. The molecule has 11 nitrogen and oxygen atoms in total. The molecule has 1 heterocycles. The number of thioether (sulfide) groups is 1. The molecular weight excluding hydrogens is 520 g/mol. The minimum atomic E-state index is -1.15. The largest absolute Gasteiger partial charge is 0.480 e. The Morgan fingerprint density at radius 3 is 2.23 bits per heavy atom. The molecule has 0 aliphatic heterocycles. The number of carbonyl (C=O) groups is 4. The van der Waals surface area contributed by atoms with Gasteiger partial charge in [0.05, 0.1) is 6.04 Å². The third kappa shape index (κ3) is 9.86. The maximum Gasteiger partial charge on any atom is 0.326 e. The molecule has 12 heteroatoms. The van der Waals surface area contributed by atoms with Crippen LogP contribution >= 0.6 is 11.8 Å². The highest BCUT2D eigenvalue weighted by molar-refractivity contribution is 7.98. The lowest BCUT2D eigenvalue weighted by Crippen LogP contribution is -2.58. The van der Waals surface area contributed by atoms with Gasteiger partial charge in [-0.1, -0.05) is 32.0 Å². The third-order valence-corrected chi connectivity index (χ3v) is 7.20. The van der Waals surface area contributed by atoms with Gasteiger partial charge in [0.2, 0.25) is 17.7 Å². The molecule has 0 fully saturated rings. The Morgan fingerprint density at radius 2 is 1.59 bits per heavy atom. The van der Waals surface area contributed by atoms with Gasteiger partial charge in [0, 0.05) is 23.5 Å². The maximum absolute atomic E-state index is 13.5. The number of nitrogens with one attached hydrogen (secondary N) is 4. The Kier molecular flexibility index (Phi) is 13.3. The summed E-state index contributed by atoms with van der Waals surface area (Å²) < 4.78 is 0. The number of carboxylic acid groups (broad SMARTS) is 1. The zero-order chi connectivity index (χ0) is 28.9. The summed E-state index contributed by atoms with van der Waals surface area (Å²) in [6, 6.07) is 3.64. The molecular formula is C27H42N6O5S. The fourth-order valence-electron chi connectivity index (χ4n) is 4.10. The molecule has 0 saturated carbocycles. The molecule has 4 atom stereocenters. The molecule has 9 N–H and O–H groups in total. The van der Waals surface area contributed by atoms with Gasteiger partial charge in [-0.15, -0.1) is 0 Å². The number of para-hydroxylation sites is 1. The summed E-state index contributed by atoms with van der Waals surface area (Å²) in [5.41, 5.74) is 13.3. The minimum Gasteiger partial charge on any atom is -0.480 e. The van der Waals surface area contributed by atoms with Crippen molar-refractivity contribution in [3.63, 3.8) is 0 Å². The Labute approximate surface area is 233 Å². The van der Waals surface area contributed by atoms with Crippen molar-refractivity contribution in [2.24, 2.45) is 17.4 Å². The number of benzene rings is 1. The second kappa shape index (κ2) is 16.1. The van der Waals surface area contributed by atoms with Crippen LogP contribution in [0, 0.1) is 5.92 Å². The Bertz CT molecular complexity index is 1110. The maximum atomic E-state index is 13.5. The van der Waals surface area contributed by atoms with Crippen LogP contribution in [0.25, 0.3) is 10.9 Å². The van der Waals surface area contributed by atoms with Crippen LogP contribution in [-0.2, 0) is 25.6 Å². The van der Waals surface area contributed by atoms with Crippen molar-refractivity contribution in [1.29, 1.82) is 0 Å². The number of H-pyrrole nitrogens is 1. The zero-order valence-corrected chi connectivity index (χ0v) is 23.7. The molecule has 3 amide bonds. The number of unbranched alkanes of at least 4 members (excludes halogenated alkanes) is 1. The predicted octanol–water partition coefficient (Wildman–Crippen LogP) is 1.11. The highest BCUT2D eigenvalue weighted by Crippen LogP contribution is 2.19. The second-order valence-electron chi connectivity index (χ2n) is 9.92. The standard InChI is InChI=1S/C27H42N6O5S/c1-16(2)23(29)26(36)31-20(10-6-7-12-28)24(34)33-22(25(35)32-21(27(37)38)11-13-39-3)14-17-15-30-19-9-5-4-8-18(17)19/h4-5,8-9,15-16,20-23,30H,6-7,10-14,28-29H2,1-3H3,(H,31,36)(H,32,35)(H,33,34)(H,37,38). The number of nitrogens with two attached hydrogens (primary N) is 2. The van der Waals surface area contributed by atoms with E-state index in [1.165, 1.54) is 11.8 Å². The fraction of sp³-hybridized carbons (Fsp3) is 0.556. The van der Waals surface area contributed by atoms with Crippen LogP contribution in [0.5, 0.6) is 0 Å². The van der Waals surface area contributed by atoms with Gasteiger partial charge in [-0.25, -0.2) is 4.79 Å². The molecule has 0 radical (unpaired) electrons. The van der Waals surface area contributed by atoms with Gasteiger partial charge < -0.3 is 37.5 Å². The smallest absolute Gasteiger partial charge is 0.326 e. The van der Waals surface area contributed by atoms with Crippen LogP contribution in [0.1, 0.15) is 45.1 Å². The van der Waals surface area contributed by atoms with E-state index < -0.39 is 47.9 Å². The quantitative estimate of drug-likeness (QED) is 0.139. The van der Waals surface area contributed by atoms with Crippen molar-refractivity contribution in [3.05, 3.63) is 36.0 Å². The summed E-state index contributed by atoms with van der Waals surface area (Å²) in [5, 5.41) is 18.6. The number of carbonyl (C=O) groups excluding carboxylic acids is 3. The Morgan fingerprint density at radius 1 is 0.949 bits per heavy atom. The van der Waals surface area contributed by atoms with E-state index in [-0.39, 0.29) is 18.8 Å². The van der Waals surface area contributed by atoms with Crippen molar-refractivity contribution in [3.8, 4) is 0 Å². The molecule has 2 aromatic rings. The second-order valence-corrected chi connectivity index (χ2v) is 10.9. The molecule has 1 aromatic heterocycles. The number of aromatic amines is 1. The number of amides is 3. The molecule has 0 saturated heterocycles. The average Bonchev–Trinajstić information content (AvgIpc) is 3.31. The third-order valence-electron chi connectivity index (χ3n) is 6.56. The van der Waals surface area contributed by atoms with Crippen molar-refractivity contribution in [2.75, 3.05) is 18.6 Å². The van der Waals surface area contributed by atoms with Crippen LogP contribution in [-0.4, -0.2) is 76.5 Å². The molecule has 0 bridgehead atoms. The normalized spacial score (nSPS) is 14.4. The van der Waals surface area contributed by atoms with Gasteiger partial charge in [-0.05, 0) is 61.8 Å². The first kappa shape index (κ1) is 32.1. The average molecular weight is 563 g/mol. The molecule has 2 rings (SSSR count). The number of rotatable bonds is 17. The van der Waals surface area contributed by atoms with Crippen LogP contribution in [0.2, 0.25) is 0 Å². The SMILES string of the molecule is CSCCC(NC(=O)C(Cc1c[nH]c2ccccc12)NC(=O)C(CCCCN)NC(=O)C(N)C(C)C)C(=O)O. The van der Waals surface area contributed by atoms with E-state index in [4.69, 9.17) is 11.5 Å². The highest BCUT2D eigenvalue weighted by Gasteiger charge is 2.31. The predicted molar refractivity (Wildman–Crippen MR) is 154 cm³/mol. The van der Waals surface area contributed by atoms with Crippen molar-refractivity contribution in [1.82, 2.24) is 20.9 Å². The van der Waals surface area contributed by atoms with E-state index in [0.29, 0.717) is 31.6 Å².